The van der Waals surface area contributed by atoms with Crippen LogP contribution in [0.4, 0.5) is 17.6 Å². The van der Waals surface area contributed by atoms with Crippen LogP contribution >= 0.6 is 0 Å². The number of rotatable bonds is 13. The summed E-state index contributed by atoms with van der Waals surface area (Å²) in [6.07, 6.45) is 18.3. The highest BCUT2D eigenvalue weighted by molar-refractivity contribution is 5.72. The third-order valence-electron chi connectivity index (χ3n) is 10.6. The van der Waals surface area contributed by atoms with Crippen molar-refractivity contribution < 1.29 is 22.3 Å². The van der Waals surface area contributed by atoms with Crippen molar-refractivity contribution in [2.24, 2.45) is 17.8 Å². The fraction of sp³-hybridized carbons (Fsp3) is 0.550. The molecule has 0 unspecified atom stereocenters. The average Bonchev–Trinajstić information content (AvgIpc) is 3.07. The molecule has 2 fully saturated rings. The summed E-state index contributed by atoms with van der Waals surface area (Å²) in [5.41, 5.74) is 1.69. The zero-order chi connectivity index (χ0) is 31.8. The third kappa shape index (κ3) is 8.13. The van der Waals surface area contributed by atoms with Crippen molar-refractivity contribution in [3.8, 4) is 28.0 Å². The summed E-state index contributed by atoms with van der Waals surface area (Å²) < 4.78 is 65.5. The van der Waals surface area contributed by atoms with Crippen molar-refractivity contribution in [2.45, 2.75) is 116 Å². The smallest absolute Gasteiger partial charge is 0.201 e. The molecule has 0 atom stereocenters. The lowest BCUT2D eigenvalue weighted by Gasteiger charge is -2.38. The van der Waals surface area contributed by atoms with Gasteiger partial charge in [-0.05, 0) is 97.4 Å². The van der Waals surface area contributed by atoms with E-state index < -0.39 is 23.3 Å². The van der Waals surface area contributed by atoms with Crippen LogP contribution in [0.5, 0.6) is 5.75 Å². The van der Waals surface area contributed by atoms with Gasteiger partial charge in [-0.2, -0.15) is 4.39 Å². The first-order valence-electron chi connectivity index (χ1n) is 17.6. The van der Waals surface area contributed by atoms with E-state index in [4.69, 9.17) is 4.74 Å². The molecule has 3 aromatic carbocycles. The van der Waals surface area contributed by atoms with E-state index in [1.165, 1.54) is 76.3 Å². The minimum atomic E-state index is -1.03. The van der Waals surface area contributed by atoms with Gasteiger partial charge in [-0.3, -0.25) is 0 Å². The Morgan fingerprint density at radius 1 is 0.556 bits per heavy atom. The summed E-state index contributed by atoms with van der Waals surface area (Å²) in [6.45, 7) is 4.45. The molecule has 5 heteroatoms. The molecule has 0 aliphatic heterocycles. The predicted octanol–water partition coefficient (Wildman–Crippen LogP) is 12.8. The van der Waals surface area contributed by atoms with Crippen LogP contribution in [0.2, 0.25) is 0 Å². The lowest BCUT2D eigenvalue weighted by molar-refractivity contribution is 0.155. The molecule has 3 aromatic rings. The first-order chi connectivity index (χ1) is 21.9. The van der Waals surface area contributed by atoms with E-state index in [2.05, 4.69) is 6.92 Å². The topological polar surface area (TPSA) is 9.23 Å². The van der Waals surface area contributed by atoms with Crippen LogP contribution in [0, 0.1) is 41.0 Å². The molecular weight excluding hydrogens is 572 g/mol. The van der Waals surface area contributed by atoms with Crippen molar-refractivity contribution in [1.82, 2.24) is 0 Å². The minimum absolute atomic E-state index is 0.0498. The fourth-order valence-corrected chi connectivity index (χ4v) is 7.90. The van der Waals surface area contributed by atoms with E-state index in [1.54, 1.807) is 36.4 Å². The van der Waals surface area contributed by atoms with Gasteiger partial charge in [0.1, 0.15) is 0 Å². The zero-order valence-corrected chi connectivity index (χ0v) is 27.2. The normalized spacial score (nSPS) is 22.0. The van der Waals surface area contributed by atoms with Crippen LogP contribution in [0.3, 0.4) is 0 Å². The van der Waals surface area contributed by atoms with Crippen molar-refractivity contribution in [3.63, 3.8) is 0 Å². The van der Waals surface area contributed by atoms with Crippen molar-refractivity contribution in [3.05, 3.63) is 77.4 Å². The summed E-state index contributed by atoms with van der Waals surface area (Å²) in [7, 11) is 0. The molecule has 0 N–H and O–H groups in total. The highest BCUT2D eigenvalue weighted by Gasteiger charge is 2.32. The summed E-state index contributed by atoms with van der Waals surface area (Å²) in [4.78, 5) is 0. The molecule has 0 spiro atoms. The van der Waals surface area contributed by atoms with Gasteiger partial charge in [0.2, 0.25) is 5.82 Å². The molecule has 0 bridgehead atoms. The van der Waals surface area contributed by atoms with E-state index in [0.717, 1.165) is 43.4 Å². The molecule has 0 saturated heterocycles. The van der Waals surface area contributed by atoms with Gasteiger partial charge in [0, 0.05) is 11.1 Å². The van der Waals surface area contributed by atoms with Crippen molar-refractivity contribution >= 4 is 0 Å². The molecule has 0 heterocycles. The molecule has 2 aliphatic rings. The lowest BCUT2D eigenvalue weighted by atomic mass is 9.68. The number of hydrogen-bond acceptors (Lipinski definition) is 1. The maximum atomic E-state index is 15.5. The van der Waals surface area contributed by atoms with Crippen LogP contribution in [-0.4, -0.2) is 6.61 Å². The Hall–Kier alpha value is -2.82. The molecule has 45 heavy (non-hydrogen) atoms. The lowest BCUT2D eigenvalue weighted by Crippen LogP contribution is -2.25. The predicted molar refractivity (Wildman–Crippen MR) is 176 cm³/mol. The van der Waals surface area contributed by atoms with E-state index >= 15 is 8.78 Å². The number of benzene rings is 3. The van der Waals surface area contributed by atoms with Gasteiger partial charge in [-0.1, -0.05) is 102 Å². The van der Waals surface area contributed by atoms with E-state index in [-0.39, 0.29) is 22.8 Å². The molecule has 1 nitrogen and oxygen atoms in total. The van der Waals surface area contributed by atoms with Gasteiger partial charge in [-0.25, -0.2) is 13.2 Å². The summed E-state index contributed by atoms with van der Waals surface area (Å²) in [5, 5.41) is 0. The Morgan fingerprint density at radius 2 is 1.11 bits per heavy atom. The van der Waals surface area contributed by atoms with Crippen molar-refractivity contribution in [2.75, 3.05) is 6.61 Å². The van der Waals surface area contributed by atoms with Gasteiger partial charge in [0.05, 0.1) is 6.61 Å². The maximum absolute atomic E-state index is 15.5. The number of hydrogen-bond donors (Lipinski definition) is 0. The highest BCUT2D eigenvalue weighted by Crippen LogP contribution is 2.45. The molecule has 2 saturated carbocycles. The summed E-state index contributed by atoms with van der Waals surface area (Å²) >= 11 is 0. The molecular formula is C40H50F4O. The quantitative estimate of drug-likeness (QED) is 0.136. The molecule has 0 amide bonds. The van der Waals surface area contributed by atoms with Crippen LogP contribution in [-0.2, 0) is 0 Å². The second kappa shape index (κ2) is 16.1. The molecule has 2 aliphatic carbocycles. The second-order valence-corrected chi connectivity index (χ2v) is 13.6. The molecule has 0 aromatic heterocycles. The number of halogens is 4. The van der Waals surface area contributed by atoms with E-state index in [9.17, 15) is 8.78 Å². The van der Waals surface area contributed by atoms with Crippen LogP contribution in [0.1, 0.15) is 122 Å². The van der Waals surface area contributed by atoms with Gasteiger partial charge >= 0.3 is 0 Å². The molecule has 244 valence electrons. The molecule has 0 radical (unpaired) electrons. The van der Waals surface area contributed by atoms with Crippen LogP contribution in [0.15, 0.2) is 48.5 Å². The SMILES string of the molecule is CCCCCCCC1CCC(C2CCC(c3ccc(-c4ccc(-c5ccc(OCCC)c(F)c5F)cc4)c(F)c3F)CC2)CC1. The summed E-state index contributed by atoms with van der Waals surface area (Å²) in [5.74, 6) is -1.26. The second-order valence-electron chi connectivity index (χ2n) is 13.6. The van der Waals surface area contributed by atoms with Crippen LogP contribution < -0.4 is 4.74 Å². The van der Waals surface area contributed by atoms with Gasteiger partial charge in [0.25, 0.3) is 0 Å². The van der Waals surface area contributed by atoms with Gasteiger partial charge in [0.15, 0.2) is 23.2 Å². The Bertz CT molecular complexity index is 1370. The zero-order valence-electron chi connectivity index (χ0n) is 27.2. The average molecular weight is 623 g/mol. The molecule has 5 rings (SSSR count). The Morgan fingerprint density at radius 3 is 1.71 bits per heavy atom. The van der Waals surface area contributed by atoms with Gasteiger partial charge in [-0.15, -0.1) is 0 Å². The number of ether oxygens (including phenoxy) is 1. The van der Waals surface area contributed by atoms with E-state index in [0.29, 0.717) is 29.7 Å². The summed E-state index contributed by atoms with van der Waals surface area (Å²) in [6, 6.07) is 12.8. The minimum Gasteiger partial charge on any atom is -0.490 e. The van der Waals surface area contributed by atoms with Crippen LogP contribution in [0.25, 0.3) is 22.3 Å². The maximum Gasteiger partial charge on any atom is 0.201 e. The largest absolute Gasteiger partial charge is 0.490 e. The fourth-order valence-electron chi connectivity index (χ4n) is 7.90. The highest BCUT2D eigenvalue weighted by atomic mass is 19.2. The first kappa shape index (κ1) is 33.5. The Balaban J connectivity index is 1.16. The van der Waals surface area contributed by atoms with Gasteiger partial charge < -0.3 is 4.74 Å². The number of unbranched alkanes of at least 4 members (excludes halogenated alkanes) is 4. The first-order valence-corrected chi connectivity index (χ1v) is 17.6. The Labute approximate surface area is 267 Å². The Kier molecular flexibility index (Phi) is 12.0. The van der Waals surface area contributed by atoms with E-state index in [1.807, 2.05) is 6.92 Å². The monoisotopic (exact) mass is 622 g/mol. The van der Waals surface area contributed by atoms with Crippen molar-refractivity contribution in [1.29, 1.82) is 0 Å². The third-order valence-corrected chi connectivity index (χ3v) is 10.6. The standard InChI is InChI=1S/C40H50F4O/c1-3-5-6-7-8-9-27-10-12-28(13-11-27)29-14-16-30(17-15-29)33-22-23-34(38(42)37(33)41)31-18-20-32(21-19-31)35-24-25-36(45-26-4-2)40(44)39(35)43/h18-25,27-30H,3-17,26H2,1-2H3.